The molecule has 0 bridgehead atoms. The van der Waals surface area contributed by atoms with Gasteiger partial charge >= 0.3 is 0 Å². The molecule has 0 atom stereocenters. The standard InChI is InChI=1S/C18H13FN2O2/c1-23-18-15-10-16(22)14-9-11(19)7-8-13(14)17(15)21(20-18)12-5-3-2-4-6-12/h2-10,22H,1H3. The molecule has 4 aromatic rings. The number of ether oxygens (including phenoxy) is 1. The van der Waals surface area contributed by atoms with Crippen LogP contribution in [0.2, 0.25) is 0 Å². The molecule has 23 heavy (non-hydrogen) atoms. The Kier molecular flexibility index (Phi) is 2.94. The van der Waals surface area contributed by atoms with Gasteiger partial charge in [0.25, 0.3) is 0 Å². The van der Waals surface area contributed by atoms with Crippen molar-refractivity contribution < 1.29 is 14.2 Å². The summed E-state index contributed by atoms with van der Waals surface area (Å²) in [6, 6.07) is 15.5. The van der Waals surface area contributed by atoms with Gasteiger partial charge in [-0.15, -0.1) is 5.10 Å². The second-order valence-corrected chi connectivity index (χ2v) is 5.24. The number of phenolic OH excluding ortho intramolecular Hbond substituents is 1. The summed E-state index contributed by atoms with van der Waals surface area (Å²) >= 11 is 0. The predicted molar refractivity (Wildman–Crippen MR) is 86.8 cm³/mol. The molecule has 0 aliphatic heterocycles. The van der Waals surface area contributed by atoms with Crippen LogP contribution in [0.1, 0.15) is 0 Å². The van der Waals surface area contributed by atoms with Gasteiger partial charge in [0.1, 0.15) is 11.6 Å². The summed E-state index contributed by atoms with van der Waals surface area (Å²) in [7, 11) is 1.53. The summed E-state index contributed by atoms with van der Waals surface area (Å²) in [5.41, 5.74) is 1.62. The van der Waals surface area contributed by atoms with Crippen molar-refractivity contribution in [2.75, 3.05) is 7.11 Å². The second kappa shape index (κ2) is 4.98. The number of aromatic nitrogens is 2. The molecule has 1 aromatic heterocycles. The van der Waals surface area contributed by atoms with Crippen molar-refractivity contribution >= 4 is 21.7 Å². The molecule has 0 fully saturated rings. The van der Waals surface area contributed by atoms with Crippen LogP contribution in [0, 0.1) is 5.82 Å². The van der Waals surface area contributed by atoms with Crippen LogP contribution in [0.4, 0.5) is 4.39 Å². The van der Waals surface area contributed by atoms with E-state index in [-0.39, 0.29) is 5.75 Å². The summed E-state index contributed by atoms with van der Waals surface area (Å²) in [6.07, 6.45) is 0. The minimum absolute atomic E-state index is 0.00193. The van der Waals surface area contributed by atoms with Crippen molar-refractivity contribution in [3.8, 4) is 17.3 Å². The number of hydrogen-bond donors (Lipinski definition) is 1. The number of rotatable bonds is 2. The van der Waals surface area contributed by atoms with Gasteiger partial charge in [-0.2, -0.15) is 0 Å². The van der Waals surface area contributed by atoms with Crippen LogP contribution in [0.25, 0.3) is 27.4 Å². The molecule has 3 aromatic carbocycles. The van der Waals surface area contributed by atoms with Crippen molar-refractivity contribution in [2.45, 2.75) is 0 Å². The average Bonchev–Trinajstić information content (AvgIpc) is 2.94. The number of hydrogen-bond acceptors (Lipinski definition) is 3. The molecule has 1 N–H and O–H groups in total. The summed E-state index contributed by atoms with van der Waals surface area (Å²) in [6.45, 7) is 0. The fourth-order valence-electron chi connectivity index (χ4n) is 2.86. The minimum Gasteiger partial charge on any atom is -0.507 e. The van der Waals surface area contributed by atoms with Gasteiger partial charge in [0.05, 0.1) is 23.7 Å². The quantitative estimate of drug-likeness (QED) is 0.608. The Morgan fingerprint density at radius 2 is 1.78 bits per heavy atom. The van der Waals surface area contributed by atoms with E-state index in [1.54, 1.807) is 16.8 Å². The van der Waals surface area contributed by atoms with Gasteiger partial charge in [0.15, 0.2) is 0 Å². The number of fused-ring (bicyclic) bond motifs is 3. The van der Waals surface area contributed by atoms with Crippen LogP contribution in [0.5, 0.6) is 11.6 Å². The Balaban J connectivity index is 2.20. The Bertz CT molecular complexity index is 1030. The van der Waals surface area contributed by atoms with Gasteiger partial charge < -0.3 is 9.84 Å². The van der Waals surface area contributed by atoms with Crippen molar-refractivity contribution in [2.24, 2.45) is 0 Å². The number of benzene rings is 3. The molecule has 5 heteroatoms. The minimum atomic E-state index is -0.398. The molecule has 0 aliphatic carbocycles. The Hall–Kier alpha value is -3.08. The number of halogens is 1. The van der Waals surface area contributed by atoms with E-state index < -0.39 is 5.82 Å². The number of phenols is 1. The maximum absolute atomic E-state index is 13.6. The second-order valence-electron chi connectivity index (χ2n) is 5.24. The lowest BCUT2D eigenvalue weighted by atomic mass is 10.1. The van der Waals surface area contributed by atoms with Gasteiger partial charge in [-0.3, -0.25) is 0 Å². The van der Waals surface area contributed by atoms with Crippen LogP contribution < -0.4 is 4.74 Å². The molecule has 0 unspecified atom stereocenters. The zero-order valence-electron chi connectivity index (χ0n) is 12.3. The first kappa shape index (κ1) is 13.6. The zero-order chi connectivity index (χ0) is 16.0. The predicted octanol–water partition coefficient (Wildman–Crippen LogP) is 4.03. The summed E-state index contributed by atoms with van der Waals surface area (Å²) in [4.78, 5) is 0. The molecule has 4 nitrogen and oxygen atoms in total. The SMILES string of the molecule is COc1nn(-c2ccccc2)c2c1cc(O)c1cc(F)ccc12. The first-order valence-corrected chi connectivity index (χ1v) is 7.12. The lowest BCUT2D eigenvalue weighted by Crippen LogP contribution is -1.96. The maximum atomic E-state index is 13.6. The van der Waals surface area contributed by atoms with E-state index in [1.165, 1.54) is 19.2 Å². The molecular weight excluding hydrogens is 295 g/mol. The third-order valence-corrected chi connectivity index (χ3v) is 3.88. The van der Waals surface area contributed by atoms with Crippen molar-refractivity contribution in [3.05, 3.63) is 60.4 Å². The summed E-state index contributed by atoms with van der Waals surface area (Å²) in [5.74, 6) is 0.00758. The highest BCUT2D eigenvalue weighted by Gasteiger charge is 2.18. The Morgan fingerprint density at radius 3 is 2.52 bits per heavy atom. The highest BCUT2D eigenvalue weighted by atomic mass is 19.1. The summed E-state index contributed by atoms with van der Waals surface area (Å²) in [5, 5.41) is 16.5. The third kappa shape index (κ3) is 2.01. The number of aromatic hydroxyl groups is 1. The van der Waals surface area contributed by atoms with E-state index in [2.05, 4.69) is 5.10 Å². The molecule has 114 valence electrons. The van der Waals surface area contributed by atoms with Gasteiger partial charge in [-0.05, 0) is 36.4 Å². The maximum Gasteiger partial charge on any atom is 0.241 e. The van der Waals surface area contributed by atoms with Gasteiger partial charge in [-0.25, -0.2) is 9.07 Å². The lowest BCUT2D eigenvalue weighted by Gasteiger charge is -2.07. The van der Waals surface area contributed by atoms with E-state index in [0.717, 1.165) is 11.2 Å². The molecule has 0 amide bonds. The van der Waals surface area contributed by atoms with Crippen LogP contribution >= 0.6 is 0 Å². The molecule has 4 rings (SSSR count). The largest absolute Gasteiger partial charge is 0.507 e. The fraction of sp³-hybridized carbons (Fsp3) is 0.0556. The first-order valence-electron chi connectivity index (χ1n) is 7.12. The van der Waals surface area contributed by atoms with Crippen molar-refractivity contribution in [1.82, 2.24) is 9.78 Å². The van der Waals surface area contributed by atoms with Crippen LogP contribution in [0.3, 0.4) is 0 Å². The van der Waals surface area contributed by atoms with Crippen molar-refractivity contribution in [1.29, 1.82) is 0 Å². The highest BCUT2D eigenvalue weighted by Crippen LogP contribution is 2.38. The third-order valence-electron chi connectivity index (χ3n) is 3.88. The van der Waals surface area contributed by atoms with E-state index in [0.29, 0.717) is 22.0 Å². The topological polar surface area (TPSA) is 47.3 Å². The molecule has 0 radical (unpaired) electrons. The van der Waals surface area contributed by atoms with E-state index in [4.69, 9.17) is 4.74 Å². The first-order chi connectivity index (χ1) is 11.2. The molecular formula is C18H13FN2O2. The van der Waals surface area contributed by atoms with E-state index >= 15 is 0 Å². The smallest absolute Gasteiger partial charge is 0.241 e. The van der Waals surface area contributed by atoms with Crippen molar-refractivity contribution in [3.63, 3.8) is 0 Å². The van der Waals surface area contributed by atoms with Gasteiger partial charge in [0.2, 0.25) is 5.88 Å². The number of nitrogens with zero attached hydrogens (tertiary/aromatic N) is 2. The molecule has 0 aliphatic rings. The zero-order valence-corrected chi connectivity index (χ0v) is 12.3. The number of methoxy groups -OCH3 is 1. The van der Waals surface area contributed by atoms with Crippen LogP contribution in [0.15, 0.2) is 54.6 Å². The molecule has 0 spiro atoms. The monoisotopic (exact) mass is 308 g/mol. The fourth-order valence-corrected chi connectivity index (χ4v) is 2.86. The molecule has 1 heterocycles. The van der Waals surface area contributed by atoms with Crippen LogP contribution in [-0.4, -0.2) is 22.0 Å². The Labute approximate surface area is 131 Å². The van der Waals surface area contributed by atoms with E-state index in [9.17, 15) is 9.50 Å². The highest BCUT2D eigenvalue weighted by molar-refractivity contribution is 6.10. The normalized spacial score (nSPS) is 11.2. The van der Waals surface area contributed by atoms with Gasteiger partial charge in [-0.1, -0.05) is 18.2 Å². The number of para-hydroxylation sites is 1. The van der Waals surface area contributed by atoms with Gasteiger partial charge in [0, 0.05) is 10.8 Å². The molecule has 0 saturated carbocycles. The average molecular weight is 308 g/mol. The Morgan fingerprint density at radius 1 is 1.00 bits per heavy atom. The molecule has 0 saturated heterocycles. The lowest BCUT2D eigenvalue weighted by molar-refractivity contribution is 0.398. The van der Waals surface area contributed by atoms with Crippen LogP contribution in [-0.2, 0) is 0 Å². The summed E-state index contributed by atoms with van der Waals surface area (Å²) < 4.78 is 20.6. The van der Waals surface area contributed by atoms with E-state index in [1.807, 2.05) is 30.3 Å².